The number of hydrogen-bond donors (Lipinski definition) is 2. The molecule has 0 radical (unpaired) electrons. The zero-order valence-corrected chi connectivity index (χ0v) is 26.1. The van der Waals surface area contributed by atoms with E-state index in [0.29, 0.717) is 13.1 Å². The van der Waals surface area contributed by atoms with Crippen molar-refractivity contribution in [2.45, 2.75) is 38.5 Å². The fourth-order valence-corrected chi connectivity index (χ4v) is 11.5. The molecule has 4 rings (SSSR count). The third-order valence-corrected chi connectivity index (χ3v) is 13.8. The normalized spacial score (nSPS) is 10.7. The van der Waals surface area contributed by atoms with Crippen LogP contribution in [0, 0.1) is 0 Å². The molecule has 0 aromatic heterocycles. The first-order valence-corrected chi connectivity index (χ1v) is 19.9. The standard InChI is InChI=1S/C34H36N2O2Se2/c37-33(35-25-13-11-19-27-15-3-1-4-16-27)29-21-7-9-23-31(29)39-40-32-24-10-8-22-30(32)34(38)36-26-14-12-20-28-17-5-2-6-18-28/h1-10,15-18,21-24H,11-14,19-20,25-26H2,(H,35,37)(H,36,38). The van der Waals surface area contributed by atoms with Crippen molar-refractivity contribution in [2.75, 3.05) is 13.1 Å². The van der Waals surface area contributed by atoms with Gasteiger partial charge < -0.3 is 0 Å². The molecule has 6 heteroatoms. The minimum absolute atomic E-state index is 0.00508. The second-order valence-corrected chi connectivity index (χ2v) is 15.7. The van der Waals surface area contributed by atoms with Crippen LogP contribution in [0.1, 0.15) is 57.5 Å². The molecule has 0 saturated heterocycles. The maximum atomic E-state index is 13.0. The van der Waals surface area contributed by atoms with Gasteiger partial charge in [-0.05, 0) is 0 Å². The molecule has 0 saturated carbocycles. The number of hydrogen-bond acceptors (Lipinski definition) is 2. The van der Waals surface area contributed by atoms with Crippen molar-refractivity contribution >= 4 is 47.0 Å². The van der Waals surface area contributed by atoms with E-state index in [0.717, 1.165) is 58.6 Å². The molecule has 4 aromatic rings. The average molecular weight is 663 g/mol. The number of carbonyl (C=O) groups is 2. The third-order valence-electron chi connectivity index (χ3n) is 6.53. The predicted octanol–water partition coefficient (Wildman–Crippen LogP) is 4.47. The summed E-state index contributed by atoms with van der Waals surface area (Å²) in [6, 6.07) is 36.7. The van der Waals surface area contributed by atoms with E-state index in [2.05, 4.69) is 71.3 Å². The number of benzene rings is 4. The Kier molecular flexibility index (Phi) is 12.6. The molecule has 2 N–H and O–H groups in total. The van der Waals surface area contributed by atoms with Crippen molar-refractivity contribution in [3.8, 4) is 0 Å². The Balaban J connectivity index is 1.24. The van der Waals surface area contributed by atoms with Gasteiger partial charge in [0, 0.05) is 0 Å². The Bertz CT molecular complexity index is 1240. The number of unbranched alkanes of at least 4 members (excludes halogenated alkanes) is 2. The van der Waals surface area contributed by atoms with Crippen LogP contribution in [-0.2, 0) is 12.8 Å². The number of amides is 2. The van der Waals surface area contributed by atoms with Crippen LogP contribution < -0.4 is 19.6 Å². The van der Waals surface area contributed by atoms with E-state index >= 15 is 0 Å². The number of carbonyl (C=O) groups excluding carboxylic acids is 2. The van der Waals surface area contributed by atoms with Crippen molar-refractivity contribution in [1.29, 1.82) is 0 Å². The summed E-state index contributed by atoms with van der Waals surface area (Å²) in [7, 11) is 0. The summed E-state index contributed by atoms with van der Waals surface area (Å²) in [5, 5.41) is 6.22. The number of rotatable bonds is 15. The molecule has 4 nitrogen and oxygen atoms in total. The predicted molar refractivity (Wildman–Crippen MR) is 167 cm³/mol. The van der Waals surface area contributed by atoms with Crippen LogP contribution >= 0.6 is 0 Å². The van der Waals surface area contributed by atoms with E-state index in [1.807, 2.05) is 48.5 Å². The first kappa shape index (κ1) is 29.8. The molecular weight excluding hydrogens is 626 g/mol. The Hall–Kier alpha value is -3.14. The Morgan fingerprint density at radius 3 is 1.27 bits per heavy atom. The summed E-state index contributed by atoms with van der Waals surface area (Å²) >= 11 is 0.167. The zero-order chi connectivity index (χ0) is 27.8. The van der Waals surface area contributed by atoms with Gasteiger partial charge in [0.15, 0.2) is 0 Å². The fraction of sp³-hybridized carbons (Fsp3) is 0.235. The first-order valence-electron chi connectivity index (χ1n) is 13.9. The van der Waals surface area contributed by atoms with Gasteiger partial charge in [-0.3, -0.25) is 0 Å². The monoisotopic (exact) mass is 664 g/mol. The van der Waals surface area contributed by atoms with E-state index in [-0.39, 0.29) is 38.1 Å². The van der Waals surface area contributed by atoms with Crippen LogP contribution in [0.3, 0.4) is 0 Å². The van der Waals surface area contributed by atoms with Gasteiger partial charge >= 0.3 is 250 Å². The second-order valence-electron chi connectivity index (χ2n) is 9.56. The van der Waals surface area contributed by atoms with Gasteiger partial charge in [0.25, 0.3) is 0 Å². The topological polar surface area (TPSA) is 58.2 Å². The molecule has 206 valence electrons. The van der Waals surface area contributed by atoms with E-state index in [1.54, 1.807) is 0 Å². The molecule has 2 amide bonds. The molecule has 4 aromatic carbocycles. The Labute approximate surface area is 249 Å². The fourth-order valence-electron chi connectivity index (χ4n) is 4.34. The second kappa shape index (κ2) is 16.8. The first-order chi connectivity index (χ1) is 19.7. The van der Waals surface area contributed by atoms with Crippen molar-refractivity contribution in [3.63, 3.8) is 0 Å². The van der Waals surface area contributed by atoms with Crippen LogP contribution in [0.15, 0.2) is 109 Å². The van der Waals surface area contributed by atoms with Gasteiger partial charge in [0.2, 0.25) is 0 Å². The molecule has 0 atom stereocenters. The van der Waals surface area contributed by atoms with E-state index in [1.165, 1.54) is 11.1 Å². The van der Waals surface area contributed by atoms with Gasteiger partial charge in [-0.2, -0.15) is 0 Å². The molecule has 0 unspecified atom stereocenters. The van der Waals surface area contributed by atoms with Gasteiger partial charge in [0.1, 0.15) is 0 Å². The van der Waals surface area contributed by atoms with Crippen LogP contribution in [0.4, 0.5) is 0 Å². The van der Waals surface area contributed by atoms with Crippen LogP contribution in [0.25, 0.3) is 0 Å². The molecule has 0 fully saturated rings. The minimum atomic E-state index is -0.00508. The maximum absolute atomic E-state index is 13.0. The SMILES string of the molecule is O=C(NCCCCc1ccccc1)c1ccccc1[Se][Se]c1ccccc1C(=O)NCCCCc1ccccc1. The van der Waals surface area contributed by atoms with E-state index in [4.69, 9.17) is 0 Å². The van der Waals surface area contributed by atoms with Crippen molar-refractivity contribution < 1.29 is 9.59 Å². The molecule has 0 aliphatic carbocycles. The summed E-state index contributed by atoms with van der Waals surface area (Å²) in [5.41, 5.74) is 4.18. The van der Waals surface area contributed by atoms with Gasteiger partial charge in [0.05, 0.1) is 0 Å². The number of nitrogens with one attached hydrogen (secondary N) is 2. The Morgan fingerprint density at radius 1 is 0.475 bits per heavy atom. The van der Waals surface area contributed by atoms with Crippen molar-refractivity contribution in [1.82, 2.24) is 10.6 Å². The van der Waals surface area contributed by atoms with Crippen molar-refractivity contribution in [2.24, 2.45) is 0 Å². The van der Waals surface area contributed by atoms with E-state index < -0.39 is 0 Å². The van der Waals surface area contributed by atoms with Crippen LogP contribution in [-0.4, -0.2) is 51.2 Å². The van der Waals surface area contributed by atoms with Gasteiger partial charge in [-0.25, -0.2) is 0 Å². The van der Waals surface area contributed by atoms with Crippen molar-refractivity contribution in [3.05, 3.63) is 131 Å². The zero-order valence-electron chi connectivity index (χ0n) is 22.7. The molecular formula is C34H36N2O2Se2. The summed E-state index contributed by atoms with van der Waals surface area (Å²) < 4.78 is 2.18. The Morgan fingerprint density at radius 2 is 0.850 bits per heavy atom. The average Bonchev–Trinajstić information content (AvgIpc) is 3.01. The molecule has 40 heavy (non-hydrogen) atoms. The molecule has 0 heterocycles. The number of aryl methyl sites for hydroxylation is 2. The van der Waals surface area contributed by atoms with Gasteiger partial charge in [-0.1, -0.05) is 0 Å². The summed E-state index contributed by atoms with van der Waals surface area (Å²) in [4.78, 5) is 26.0. The summed E-state index contributed by atoms with van der Waals surface area (Å²) in [6.45, 7) is 1.35. The summed E-state index contributed by atoms with van der Waals surface area (Å²) in [5.74, 6) is -0.0102. The third kappa shape index (κ3) is 9.80. The molecule has 0 aliphatic rings. The van der Waals surface area contributed by atoms with Gasteiger partial charge in [-0.15, -0.1) is 0 Å². The molecule has 0 aliphatic heterocycles. The van der Waals surface area contributed by atoms with Crippen LogP contribution in [0.5, 0.6) is 0 Å². The molecule has 0 bridgehead atoms. The quantitative estimate of drug-likeness (QED) is 0.146. The summed E-state index contributed by atoms with van der Waals surface area (Å²) in [6.07, 6.45) is 6.05. The van der Waals surface area contributed by atoms with Crippen LogP contribution in [0.2, 0.25) is 0 Å². The van der Waals surface area contributed by atoms with E-state index in [9.17, 15) is 9.59 Å². The molecule has 0 spiro atoms.